The molecule has 128 valence electrons. The minimum atomic E-state index is -1.15. The molecule has 0 bridgehead atoms. The highest BCUT2D eigenvalue weighted by Gasteiger charge is 2.24. The van der Waals surface area contributed by atoms with Crippen LogP contribution in [0.2, 0.25) is 0 Å². The molecule has 0 aliphatic heterocycles. The van der Waals surface area contributed by atoms with Crippen LogP contribution in [0.5, 0.6) is 11.5 Å². The molecule has 0 heterocycles. The molecule has 1 aromatic carbocycles. The van der Waals surface area contributed by atoms with Crippen LogP contribution in [0.1, 0.15) is 26.3 Å². The monoisotopic (exact) mass is 325 g/mol. The zero-order valence-corrected chi connectivity index (χ0v) is 14.0. The fourth-order valence-corrected chi connectivity index (χ4v) is 1.89. The van der Waals surface area contributed by atoms with Crippen molar-refractivity contribution in [1.29, 1.82) is 0 Å². The third-order valence-electron chi connectivity index (χ3n) is 2.88. The first kappa shape index (κ1) is 18.6. The maximum absolute atomic E-state index is 11.7. The van der Waals surface area contributed by atoms with Crippen molar-refractivity contribution in [1.82, 2.24) is 5.32 Å². The van der Waals surface area contributed by atoms with Crippen LogP contribution in [0.3, 0.4) is 0 Å². The smallest absolute Gasteiger partial charge is 0.408 e. The van der Waals surface area contributed by atoms with Crippen molar-refractivity contribution >= 4 is 12.1 Å². The fourth-order valence-electron chi connectivity index (χ4n) is 1.89. The van der Waals surface area contributed by atoms with Gasteiger partial charge in [0.15, 0.2) is 11.5 Å². The summed E-state index contributed by atoms with van der Waals surface area (Å²) >= 11 is 0. The molecule has 1 amide bonds. The first-order valence-electron chi connectivity index (χ1n) is 7.09. The van der Waals surface area contributed by atoms with Gasteiger partial charge in [-0.25, -0.2) is 9.59 Å². The van der Waals surface area contributed by atoms with E-state index in [0.29, 0.717) is 17.1 Å². The van der Waals surface area contributed by atoms with Gasteiger partial charge in [0.1, 0.15) is 11.6 Å². The summed E-state index contributed by atoms with van der Waals surface area (Å²) in [5.41, 5.74) is -0.0117. The average molecular weight is 325 g/mol. The molecule has 0 saturated carbocycles. The second kappa shape index (κ2) is 7.71. The summed E-state index contributed by atoms with van der Waals surface area (Å²) in [6.45, 7) is 5.12. The maximum atomic E-state index is 11.7. The Morgan fingerprint density at radius 2 is 1.78 bits per heavy atom. The average Bonchev–Trinajstić information content (AvgIpc) is 2.44. The van der Waals surface area contributed by atoms with Gasteiger partial charge in [-0.05, 0) is 38.5 Å². The quantitative estimate of drug-likeness (QED) is 0.833. The molecule has 7 heteroatoms. The molecule has 0 fully saturated rings. The van der Waals surface area contributed by atoms with Crippen molar-refractivity contribution in [3.8, 4) is 11.5 Å². The summed E-state index contributed by atoms with van der Waals surface area (Å²) in [6.07, 6.45) is -0.681. The van der Waals surface area contributed by atoms with E-state index >= 15 is 0 Å². The molecule has 1 rings (SSSR count). The number of carbonyl (C=O) groups is 2. The Morgan fingerprint density at radius 3 is 2.26 bits per heavy atom. The first-order valence-corrected chi connectivity index (χ1v) is 7.09. The van der Waals surface area contributed by atoms with E-state index in [1.807, 2.05) is 0 Å². The molecule has 1 unspecified atom stereocenters. The molecule has 0 aliphatic rings. The van der Waals surface area contributed by atoms with Crippen LogP contribution in [0.4, 0.5) is 4.79 Å². The number of carboxylic acids is 1. The Hall–Kier alpha value is -2.44. The summed E-state index contributed by atoms with van der Waals surface area (Å²) in [5.74, 6) is -0.111. The number of nitrogens with one attached hydrogen (secondary N) is 1. The number of methoxy groups -OCH3 is 2. The number of carboxylic acid groups (broad SMARTS) is 1. The summed E-state index contributed by atoms with van der Waals surface area (Å²) in [7, 11) is 3.01. The number of carbonyl (C=O) groups excluding carboxylic acids is 1. The lowest BCUT2D eigenvalue weighted by Crippen LogP contribution is -2.44. The van der Waals surface area contributed by atoms with E-state index < -0.39 is 23.7 Å². The van der Waals surface area contributed by atoms with Crippen LogP contribution in [0.15, 0.2) is 18.2 Å². The molecule has 23 heavy (non-hydrogen) atoms. The van der Waals surface area contributed by atoms with Crippen LogP contribution in [-0.4, -0.2) is 43.0 Å². The van der Waals surface area contributed by atoms with Crippen LogP contribution in [0.25, 0.3) is 0 Å². The zero-order valence-electron chi connectivity index (χ0n) is 14.0. The number of aliphatic carboxylic acids is 1. The number of benzene rings is 1. The standard InChI is InChI=1S/C16H23NO6/c1-16(2,3)23-15(20)17-11(14(18)19)8-10-6-7-12(21-4)13(9-10)22-5/h6-7,9,11H,8H2,1-5H3,(H,17,20)(H,18,19). The SMILES string of the molecule is COc1ccc(CC(NC(=O)OC(C)(C)C)C(=O)O)cc1OC. The lowest BCUT2D eigenvalue weighted by Gasteiger charge is -2.22. The van der Waals surface area contributed by atoms with E-state index in [-0.39, 0.29) is 6.42 Å². The van der Waals surface area contributed by atoms with E-state index in [2.05, 4.69) is 5.32 Å². The Balaban J connectivity index is 2.84. The topological polar surface area (TPSA) is 94.1 Å². The molecular formula is C16H23NO6. The number of rotatable bonds is 6. The van der Waals surface area contributed by atoms with E-state index in [1.165, 1.54) is 14.2 Å². The molecule has 1 aromatic rings. The second-order valence-electron chi connectivity index (χ2n) is 5.93. The Morgan fingerprint density at radius 1 is 1.17 bits per heavy atom. The lowest BCUT2D eigenvalue weighted by molar-refractivity contribution is -0.139. The minimum absolute atomic E-state index is 0.0922. The predicted molar refractivity (Wildman–Crippen MR) is 84.0 cm³/mol. The summed E-state index contributed by atoms with van der Waals surface area (Å²) in [4.78, 5) is 23.1. The highest BCUT2D eigenvalue weighted by Crippen LogP contribution is 2.28. The molecule has 7 nitrogen and oxygen atoms in total. The van der Waals surface area contributed by atoms with E-state index in [0.717, 1.165) is 0 Å². The summed E-state index contributed by atoms with van der Waals surface area (Å²) in [6, 6.07) is 3.96. The van der Waals surface area contributed by atoms with Crippen molar-refractivity contribution in [3.05, 3.63) is 23.8 Å². The molecule has 0 aromatic heterocycles. The number of hydrogen-bond donors (Lipinski definition) is 2. The van der Waals surface area contributed by atoms with Crippen LogP contribution in [-0.2, 0) is 16.0 Å². The van der Waals surface area contributed by atoms with Crippen LogP contribution in [0, 0.1) is 0 Å². The Bertz CT molecular complexity index is 564. The second-order valence-corrected chi connectivity index (χ2v) is 5.93. The largest absolute Gasteiger partial charge is 0.493 e. The van der Waals surface area contributed by atoms with Gasteiger partial charge in [-0.2, -0.15) is 0 Å². The van der Waals surface area contributed by atoms with Crippen LogP contribution < -0.4 is 14.8 Å². The zero-order chi connectivity index (χ0) is 17.6. The highest BCUT2D eigenvalue weighted by atomic mass is 16.6. The van der Waals surface area contributed by atoms with Crippen molar-refractivity contribution in [2.45, 2.75) is 38.8 Å². The Kier molecular flexibility index (Phi) is 6.24. The van der Waals surface area contributed by atoms with Crippen molar-refractivity contribution < 1.29 is 28.9 Å². The van der Waals surface area contributed by atoms with Crippen LogP contribution >= 0.6 is 0 Å². The van der Waals surface area contributed by atoms with Gasteiger partial charge in [0, 0.05) is 6.42 Å². The van der Waals surface area contributed by atoms with Crippen molar-refractivity contribution in [2.75, 3.05) is 14.2 Å². The third-order valence-corrected chi connectivity index (χ3v) is 2.88. The van der Waals surface area contributed by atoms with Gasteiger partial charge in [-0.15, -0.1) is 0 Å². The maximum Gasteiger partial charge on any atom is 0.408 e. The highest BCUT2D eigenvalue weighted by molar-refractivity contribution is 5.80. The minimum Gasteiger partial charge on any atom is -0.493 e. The van der Waals surface area contributed by atoms with Gasteiger partial charge >= 0.3 is 12.1 Å². The van der Waals surface area contributed by atoms with Crippen molar-refractivity contribution in [3.63, 3.8) is 0 Å². The molecule has 0 spiro atoms. The predicted octanol–water partition coefficient (Wildman–Crippen LogP) is 2.22. The number of alkyl carbamates (subject to hydrolysis) is 1. The van der Waals surface area contributed by atoms with E-state index in [9.17, 15) is 14.7 Å². The molecular weight excluding hydrogens is 302 g/mol. The fraction of sp³-hybridized carbons (Fsp3) is 0.500. The Labute approximate surface area is 135 Å². The molecule has 1 atom stereocenters. The van der Waals surface area contributed by atoms with Gasteiger partial charge in [0.25, 0.3) is 0 Å². The third kappa shape index (κ3) is 6.06. The molecule has 0 saturated heterocycles. The molecule has 0 aliphatic carbocycles. The summed E-state index contributed by atoms with van der Waals surface area (Å²) < 4.78 is 15.4. The summed E-state index contributed by atoms with van der Waals surface area (Å²) in [5, 5.41) is 11.6. The van der Waals surface area contributed by atoms with Gasteiger partial charge < -0.3 is 24.6 Å². The van der Waals surface area contributed by atoms with Crippen molar-refractivity contribution in [2.24, 2.45) is 0 Å². The lowest BCUT2D eigenvalue weighted by atomic mass is 10.1. The van der Waals surface area contributed by atoms with Gasteiger partial charge in [-0.1, -0.05) is 6.07 Å². The number of ether oxygens (including phenoxy) is 3. The van der Waals surface area contributed by atoms with Gasteiger partial charge in [-0.3, -0.25) is 0 Å². The number of hydrogen-bond acceptors (Lipinski definition) is 5. The first-order chi connectivity index (χ1) is 10.7. The van der Waals surface area contributed by atoms with Gasteiger partial charge in [0.05, 0.1) is 14.2 Å². The molecule has 2 N–H and O–H groups in total. The number of amides is 1. The van der Waals surface area contributed by atoms with E-state index in [1.54, 1.807) is 39.0 Å². The van der Waals surface area contributed by atoms with Gasteiger partial charge in [0.2, 0.25) is 0 Å². The normalized spacial score (nSPS) is 12.2. The van der Waals surface area contributed by atoms with E-state index in [4.69, 9.17) is 14.2 Å². The molecule has 0 radical (unpaired) electrons.